The summed E-state index contributed by atoms with van der Waals surface area (Å²) >= 11 is 5.96. The summed E-state index contributed by atoms with van der Waals surface area (Å²) in [6.07, 6.45) is 1.14. The molecule has 0 saturated carbocycles. The molecule has 0 unspecified atom stereocenters. The molecule has 0 fully saturated rings. The zero-order chi connectivity index (χ0) is 15.6. The van der Waals surface area contributed by atoms with E-state index in [-0.39, 0.29) is 4.90 Å². The summed E-state index contributed by atoms with van der Waals surface area (Å²) in [5.74, 6) is 0.535. The van der Waals surface area contributed by atoms with Gasteiger partial charge in [-0.05, 0) is 30.3 Å². The van der Waals surface area contributed by atoms with Crippen LogP contribution in [0.2, 0.25) is 5.02 Å². The van der Waals surface area contributed by atoms with Crippen molar-refractivity contribution in [2.75, 3.05) is 24.4 Å². The van der Waals surface area contributed by atoms with Crippen molar-refractivity contribution in [2.45, 2.75) is 4.90 Å². The zero-order valence-corrected chi connectivity index (χ0v) is 13.1. The van der Waals surface area contributed by atoms with Crippen LogP contribution in [0, 0.1) is 0 Å². The smallest absolute Gasteiger partial charge is 0.175 e. The third kappa shape index (κ3) is 3.59. The Morgan fingerprint density at radius 1 is 1.19 bits per heavy atom. The van der Waals surface area contributed by atoms with E-state index in [0.717, 1.165) is 11.9 Å². The summed E-state index contributed by atoms with van der Waals surface area (Å²) in [6.45, 7) is 0. The predicted molar refractivity (Wildman–Crippen MR) is 85.3 cm³/mol. The zero-order valence-electron chi connectivity index (χ0n) is 11.6. The summed E-state index contributed by atoms with van der Waals surface area (Å²) < 4.78 is 28.1. The Hall–Kier alpha value is -1.92. The van der Waals surface area contributed by atoms with Crippen LogP contribution in [0.15, 0.2) is 41.3 Å². The Kier molecular flexibility index (Phi) is 4.29. The van der Waals surface area contributed by atoms with Gasteiger partial charge in [-0.2, -0.15) is 0 Å². The summed E-state index contributed by atoms with van der Waals surface area (Å²) in [5, 5.41) is 3.60. The fourth-order valence-electron chi connectivity index (χ4n) is 1.78. The average Bonchev–Trinajstić information content (AvgIpc) is 2.42. The van der Waals surface area contributed by atoms with Gasteiger partial charge < -0.3 is 15.8 Å². The molecule has 3 N–H and O–H groups in total. The third-order valence-electron chi connectivity index (χ3n) is 2.88. The molecule has 5 nitrogen and oxygen atoms in total. The standard InChI is InChI=1S/C14H15ClN2O3S/c1-20-14-7-9(3-5-11(14)15)17-13-6-4-10(8-12(13)16)21(2,18)19/h3-8,17H,16H2,1-2H3. The number of ether oxygens (including phenoxy) is 1. The number of anilines is 3. The summed E-state index contributed by atoms with van der Waals surface area (Å²) in [6, 6.07) is 9.74. The lowest BCUT2D eigenvalue weighted by Crippen LogP contribution is -2.01. The largest absolute Gasteiger partial charge is 0.495 e. The number of methoxy groups -OCH3 is 1. The van der Waals surface area contributed by atoms with E-state index in [0.29, 0.717) is 22.1 Å². The van der Waals surface area contributed by atoms with Crippen molar-refractivity contribution in [3.05, 3.63) is 41.4 Å². The number of rotatable bonds is 4. The molecule has 0 spiro atoms. The second-order valence-corrected chi connectivity index (χ2v) is 6.92. The lowest BCUT2D eigenvalue weighted by atomic mass is 10.2. The number of benzene rings is 2. The van der Waals surface area contributed by atoms with Gasteiger partial charge in [0.25, 0.3) is 0 Å². The molecular formula is C14H15ClN2O3S. The lowest BCUT2D eigenvalue weighted by Gasteiger charge is -2.12. The van der Waals surface area contributed by atoms with Crippen LogP contribution >= 0.6 is 11.6 Å². The molecule has 2 aromatic carbocycles. The highest BCUT2D eigenvalue weighted by molar-refractivity contribution is 7.90. The Balaban J connectivity index is 2.32. The molecule has 0 aliphatic carbocycles. The van der Waals surface area contributed by atoms with Gasteiger partial charge in [-0.3, -0.25) is 0 Å². The van der Waals surface area contributed by atoms with Crippen LogP contribution < -0.4 is 15.8 Å². The quantitative estimate of drug-likeness (QED) is 0.844. The first-order valence-electron chi connectivity index (χ1n) is 6.01. The SMILES string of the molecule is COc1cc(Nc2ccc(S(C)(=O)=O)cc2N)ccc1Cl. The minimum atomic E-state index is -3.28. The van der Waals surface area contributed by atoms with Crippen molar-refractivity contribution < 1.29 is 13.2 Å². The van der Waals surface area contributed by atoms with Crippen molar-refractivity contribution in [1.82, 2.24) is 0 Å². The molecule has 0 bridgehead atoms. The first kappa shape index (κ1) is 15.5. The topological polar surface area (TPSA) is 81.4 Å². The van der Waals surface area contributed by atoms with Crippen molar-refractivity contribution >= 4 is 38.5 Å². The van der Waals surface area contributed by atoms with E-state index in [1.165, 1.54) is 19.2 Å². The van der Waals surface area contributed by atoms with Crippen LogP contribution in [0.3, 0.4) is 0 Å². The Morgan fingerprint density at radius 3 is 2.48 bits per heavy atom. The van der Waals surface area contributed by atoms with Gasteiger partial charge in [-0.1, -0.05) is 11.6 Å². The predicted octanol–water partition coefficient (Wildman–Crippen LogP) is 3.08. The van der Waals surface area contributed by atoms with Gasteiger partial charge >= 0.3 is 0 Å². The number of hydrogen-bond acceptors (Lipinski definition) is 5. The van der Waals surface area contributed by atoms with Crippen molar-refractivity contribution in [3.8, 4) is 5.75 Å². The second kappa shape index (κ2) is 5.83. The van der Waals surface area contributed by atoms with E-state index in [1.807, 2.05) is 0 Å². The van der Waals surface area contributed by atoms with Crippen LogP contribution in [-0.2, 0) is 9.84 Å². The first-order valence-corrected chi connectivity index (χ1v) is 8.28. The number of nitrogens with two attached hydrogens (primary N) is 1. The van der Waals surface area contributed by atoms with Crippen molar-refractivity contribution in [2.24, 2.45) is 0 Å². The van der Waals surface area contributed by atoms with Gasteiger partial charge in [0.2, 0.25) is 0 Å². The number of sulfone groups is 1. The molecule has 7 heteroatoms. The van der Waals surface area contributed by atoms with Crippen LogP contribution in [0.25, 0.3) is 0 Å². The maximum atomic E-state index is 11.5. The van der Waals surface area contributed by atoms with E-state index in [4.69, 9.17) is 22.1 Å². The Morgan fingerprint density at radius 2 is 1.90 bits per heavy atom. The minimum Gasteiger partial charge on any atom is -0.495 e. The number of halogens is 1. The molecule has 0 saturated heterocycles. The molecule has 21 heavy (non-hydrogen) atoms. The molecule has 0 radical (unpaired) electrons. The molecule has 0 aliphatic heterocycles. The van der Waals surface area contributed by atoms with Crippen molar-refractivity contribution in [1.29, 1.82) is 0 Å². The molecule has 0 atom stereocenters. The summed E-state index contributed by atoms with van der Waals surface area (Å²) in [7, 11) is -1.75. The first-order chi connectivity index (χ1) is 9.81. The molecule has 2 aromatic rings. The van der Waals surface area contributed by atoms with Crippen LogP contribution in [0.5, 0.6) is 5.75 Å². The van der Waals surface area contributed by atoms with Crippen LogP contribution in [0.1, 0.15) is 0 Å². The molecular weight excluding hydrogens is 312 g/mol. The fraction of sp³-hybridized carbons (Fsp3) is 0.143. The van der Waals surface area contributed by atoms with E-state index in [9.17, 15) is 8.42 Å². The van der Waals surface area contributed by atoms with E-state index in [1.54, 1.807) is 24.3 Å². The lowest BCUT2D eigenvalue weighted by molar-refractivity contribution is 0.415. The number of hydrogen-bond donors (Lipinski definition) is 2. The third-order valence-corrected chi connectivity index (χ3v) is 4.30. The maximum Gasteiger partial charge on any atom is 0.175 e. The molecule has 0 aromatic heterocycles. The van der Waals surface area contributed by atoms with Crippen molar-refractivity contribution in [3.63, 3.8) is 0 Å². The number of nitrogens with one attached hydrogen (secondary N) is 1. The van der Waals surface area contributed by atoms with Gasteiger partial charge in [0, 0.05) is 18.0 Å². The minimum absolute atomic E-state index is 0.180. The molecule has 0 amide bonds. The molecule has 0 aliphatic rings. The van der Waals surface area contributed by atoms with Crippen LogP contribution in [0.4, 0.5) is 17.1 Å². The van der Waals surface area contributed by atoms with E-state index >= 15 is 0 Å². The molecule has 0 heterocycles. The molecule has 2 rings (SSSR count). The van der Waals surface area contributed by atoms with E-state index in [2.05, 4.69) is 5.32 Å². The highest BCUT2D eigenvalue weighted by Crippen LogP contribution is 2.31. The summed E-state index contributed by atoms with van der Waals surface area (Å²) in [4.78, 5) is 0.180. The van der Waals surface area contributed by atoms with Crippen LogP contribution in [-0.4, -0.2) is 21.8 Å². The normalized spacial score (nSPS) is 11.2. The fourth-order valence-corrected chi connectivity index (χ4v) is 2.63. The van der Waals surface area contributed by atoms with Gasteiger partial charge in [-0.15, -0.1) is 0 Å². The highest BCUT2D eigenvalue weighted by Gasteiger charge is 2.10. The number of nitrogen functional groups attached to an aromatic ring is 1. The Bertz CT molecular complexity index is 776. The second-order valence-electron chi connectivity index (χ2n) is 4.50. The maximum absolute atomic E-state index is 11.5. The van der Waals surface area contributed by atoms with Gasteiger partial charge in [0.05, 0.1) is 28.4 Å². The van der Waals surface area contributed by atoms with Gasteiger partial charge in [0.1, 0.15) is 5.75 Å². The van der Waals surface area contributed by atoms with Gasteiger partial charge in [0.15, 0.2) is 9.84 Å². The summed E-state index contributed by atoms with van der Waals surface area (Å²) in [5.41, 5.74) is 7.56. The van der Waals surface area contributed by atoms with Gasteiger partial charge in [-0.25, -0.2) is 8.42 Å². The Labute approximate surface area is 128 Å². The average molecular weight is 327 g/mol. The monoisotopic (exact) mass is 326 g/mol. The molecule has 112 valence electrons. The van der Waals surface area contributed by atoms with E-state index < -0.39 is 9.84 Å². The highest BCUT2D eigenvalue weighted by atomic mass is 35.5.